The zero-order valence-electron chi connectivity index (χ0n) is 19.0. The lowest BCUT2D eigenvalue weighted by Gasteiger charge is -2.26. The van der Waals surface area contributed by atoms with Gasteiger partial charge in [0.1, 0.15) is 17.1 Å². The second kappa shape index (κ2) is 8.94. The van der Waals surface area contributed by atoms with E-state index in [4.69, 9.17) is 9.47 Å². The van der Waals surface area contributed by atoms with Gasteiger partial charge in [-0.2, -0.15) is 5.10 Å². The fourth-order valence-corrected chi connectivity index (χ4v) is 4.57. The van der Waals surface area contributed by atoms with E-state index in [2.05, 4.69) is 10.2 Å². The summed E-state index contributed by atoms with van der Waals surface area (Å²) in [5, 5.41) is 17.8. The molecule has 2 N–H and O–H groups in total. The van der Waals surface area contributed by atoms with E-state index in [1.54, 1.807) is 26.4 Å². The summed E-state index contributed by atoms with van der Waals surface area (Å²) < 4.78 is 10.8. The van der Waals surface area contributed by atoms with E-state index in [0.717, 1.165) is 16.7 Å². The van der Waals surface area contributed by atoms with Crippen molar-refractivity contribution in [3.63, 3.8) is 0 Å². The Kier molecular flexibility index (Phi) is 5.67. The molecule has 0 bridgehead atoms. The predicted octanol–water partition coefficient (Wildman–Crippen LogP) is 4.59. The number of phenolic OH excluding ortho intramolecular Hbond substituents is 1. The van der Waals surface area contributed by atoms with E-state index in [0.29, 0.717) is 41.4 Å². The number of aromatic amines is 1. The monoisotopic (exact) mass is 455 g/mol. The van der Waals surface area contributed by atoms with Crippen molar-refractivity contribution in [1.82, 2.24) is 15.1 Å². The first-order valence-electron chi connectivity index (χ1n) is 11.1. The molecule has 7 heteroatoms. The van der Waals surface area contributed by atoms with Gasteiger partial charge in [-0.3, -0.25) is 9.89 Å². The highest BCUT2D eigenvalue weighted by Crippen LogP contribution is 2.44. The number of nitrogens with zero attached hydrogens (tertiary/aromatic N) is 2. The van der Waals surface area contributed by atoms with Crippen LogP contribution < -0.4 is 9.47 Å². The number of nitrogens with one attached hydrogen (secondary N) is 1. The molecule has 0 aliphatic carbocycles. The third-order valence-electron chi connectivity index (χ3n) is 6.23. The van der Waals surface area contributed by atoms with Crippen molar-refractivity contribution in [3.8, 4) is 28.5 Å². The summed E-state index contributed by atoms with van der Waals surface area (Å²) in [6, 6.07) is 22.4. The van der Waals surface area contributed by atoms with Crippen LogP contribution in [0.3, 0.4) is 0 Å². The molecule has 1 aliphatic rings. The topological polar surface area (TPSA) is 87.7 Å². The van der Waals surface area contributed by atoms with Gasteiger partial charge in [-0.15, -0.1) is 0 Å². The number of rotatable bonds is 7. The zero-order chi connectivity index (χ0) is 23.7. The first-order valence-corrected chi connectivity index (χ1v) is 11.1. The van der Waals surface area contributed by atoms with Gasteiger partial charge in [-0.25, -0.2) is 0 Å². The molecule has 1 aromatic heterocycles. The number of aromatic hydroxyl groups is 1. The lowest BCUT2D eigenvalue weighted by molar-refractivity contribution is 0.0746. The van der Waals surface area contributed by atoms with E-state index < -0.39 is 0 Å². The van der Waals surface area contributed by atoms with Crippen molar-refractivity contribution >= 4 is 5.91 Å². The summed E-state index contributed by atoms with van der Waals surface area (Å²) in [5.41, 5.74) is 4.44. The Morgan fingerprint density at radius 3 is 2.44 bits per heavy atom. The Hall–Kier alpha value is -4.26. The van der Waals surface area contributed by atoms with Crippen molar-refractivity contribution in [2.75, 3.05) is 20.8 Å². The van der Waals surface area contributed by atoms with Gasteiger partial charge >= 0.3 is 0 Å². The molecule has 3 aromatic carbocycles. The van der Waals surface area contributed by atoms with E-state index in [1.807, 2.05) is 65.6 Å². The number of amides is 1. The lowest BCUT2D eigenvalue weighted by Crippen LogP contribution is -2.31. The Morgan fingerprint density at radius 2 is 1.71 bits per heavy atom. The summed E-state index contributed by atoms with van der Waals surface area (Å²) in [6.07, 6.45) is 0.638. The summed E-state index contributed by atoms with van der Waals surface area (Å²) >= 11 is 0. The summed E-state index contributed by atoms with van der Waals surface area (Å²) in [5.74, 6) is 1.33. The third-order valence-corrected chi connectivity index (χ3v) is 6.23. The number of hydrogen-bond donors (Lipinski definition) is 2. The number of methoxy groups -OCH3 is 2. The molecule has 34 heavy (non-hydrogen) atoms. The van der Waals surface area contributed by atoms with Gasteiger partial charge < -0.3 is 19.5 Å². The fraction of sp³-hybridized carbons (Fsp3) is 0.185. The number of carbonyl (C=O) groups is 1. The molecule has 0 fully saturated rings. The van der Waals surface area contributed by atoms with Crippen molar-refractivity contribution in [1.29, 1.82) is 0 Å². The van der Waals surface area contributed by atoms with Crippen molar-refractivity contribution in [2.24, 2.45) is 0 Å². The van der Waals surface area contributed by atoms with Crippen LogP contribution in [0.4, 0.5) is 0 Å². The summed E-state index contributed by atoms with van der Waals surface area (Å²) in [6.45, 7) is 0.497. The normalized spacial score (nSPS) is 14.8. The van der Waals surface area contributed by atoms with Crippen LogP contribution in [0.1, 0.15) is 33.2 Å². The van der Waals surface area contributed by atoms with Gasteiger partial charge in [0, 0.05) is 17.7 Å². The molecule has 7 nitrogen and oxygen atoms in total. The van der Waals surface area contributed by atoms with Crippen LogP contribution in [0.5, 0.6) is 17.2 Å². The molecule has 1 aliphatic heterocycles. The van der Waals surface area contributed by atoms with E-state index in [-0.39, 0.29) is 17.7 Å². The second-order valence-electron chi connectivity index (χ2n) is 8.13. The number of hydrogen-bond acceptors (Lipinski definition) is 5. The molecule has 0 radical (unpaired) electrons. The number of aromatic nitrogens is 2. The van der Waals surface area contributed by atoms with Crippen LogP contribution in [0.25, 0.3) is 11.3 Å². The largest absolute Gasteiger partial charge is 0.507 e. The summed E-state index contributed by atoms with van der Waals surface area (Å²) in [7, 11) is 3.21. The molecule has 1 unspecified atom stereocenters. The lowest BCUT2D eigenvalue weighted by atomic mass is 9.95. The van der Waals surface area contributed by atoms with Crippen LogP contribution in [-0.2, 0) is 6.42 Å². The van der Waals surface area contributed by atoms with Gasteiger partial charge in [-0.05, 0) is 41.8 Å². The molecule has 5 rings (SSSR count). The Morgan fingerprint density at radius 1 is 0.971 bits per heavy atom. The fourth-order valence-electron chi connectivity index (χ4n) is 4.57. The molecular formula is C27H25N3O4. The minimum Gasteiger partial charge on any atom is -0.507 e. The Balaban J connectivity index is 1.53. The van der Waals surface area contributed by atoms with Crippen LogP contribution in [-0.4, -0.2) is 46.9 Å². The number of carbonyl (C=O) groups excluding carboxylic acids is 1. The van der Waals surface area contributed by atoms with Crippen molar-refractivity contribution < 1.29 is 19.4 Å². The maximum absolute atomic E-state index is 13.5. The highest BCUT2D eigenvalue weighted by Gasteiger charge is 2.42. The number of fused-ring (bicyclic) bond motifs is 1. The molecule has 4 aromatic rings. The van der Waals surface area contributed by atoms with Crippen LogP contribution >= 0.6 is 0 Å². The minimum atomic E-state index is -0.322. The molecule has 0 spiro atoms. The van der Waals surface area contributed by atoms with Gasteiger partial charge in [0.05, 0.1) is 20.3 Å². The van der Waals surface area contributed by atoms with Gasteiger partial charge in [0.2, 0.25) is 0 Å². The molecule has 2 heterocycles. The maximum atomic E-state index is 13.5. The standard InChI is InChI=1S/C27H25N3O4/c1-33-21-13-12-17(16-22(21)34-2)14-15-30-26(18-8-4-3-5-9-18)23-24(28-29-25(23)27(30)32)19-10-6-7-11-20(19)31/h3-13,16,26,31H,14-15H2,1-2H3,(H,28,29). The van der Waals surface area contributed by atoms with Crippen molar-refractivity contribution in [2.45, 2.75) is 12.5 Å². The molecule has 0 saturated carbocycles. The first-order chi connectivity index (χ1) is 16.6. The van der Waals surface area contributed by atoms with Gasteiger partial charge in [-0.1, -0.05) is 48.5 Å². The second-order valence-corrected chi connectivity index (χ2v) is 8.13. The molecular weight excluding hydrogens is 430 g/mol. The van der Waals surface area contributed by atoms with E-state index >= 15 is 0 Å². The van der Waals surface area contributed by atoms with Gasteiger partial charge in [0.25, 0.3) is 5.91 Å². The van der Waals surface area contributed by atoms with Crippen LogP contribution in [0.2, 0.25) is 0 Å². The first kappa shape index (κ1) is 21.6. The average molecular weight is 456 g/mol. The predicted molar refractivity (Wildman–Crippen MR) is 128 cm³/mol. The Bertz CT molecular complexity index is 1330. The van der Waals surface area contributed by atoms with Crippen molar-refractivity contribution in [3.05, 3.63) is 95.2 Å². The quantitative estimate of drug-likeness (QED) is 0.426. The number of para-hydroxylation sites is 1. The highest BCUT2D eigenvalue weighted by molar-refractivity contribution is 6.00. The minimum absolute atomic E-state index is 0.112. The molecule has 172 valence electrons. The van der Waals surface area contributed by atoms with Crippen LogP contribution in [0.15, 0.2) is 72.8 Å². The van der Waals surface area contributed by atoms with E-state index in [1.165, 1.54) is 0 Å². The molecule has 0 saturated heterocycles. The number of H-pyrrole nitrogens is 1. The number of phenols is 1. The summed E-state index contributed by atoms with van der Waals surface area (Å²) in [4.78, 5) is 15.4. The third kappa shape index (κ3) is 3.65. The SMILES string of the molecule is COc1ccc(CCN2C(=O)c3[nH]nc(-c4ccccc4O)c3C2c2ccccc2)cc1OC. The van der Waals surface area contributed by atoms with Gasteiger partial charge in [0.15, 0.2) is 11.5 Å². The maximum Gasteiger partial charge on any atom is 0.273 e. The smallest absolute Gasteiger partial charge is 0.273 e. The highest BCUT2D eigenvalue weighted by atomic mass is 16.5. The van der Waals surface area contributed by atoms with Crippen LogP contribution in [0, 0.1) is 0 Å². The molecule has 1 atom stereocenters. The average Bonchev–Trinajstić information content (AvgIpc) is 3.42. The zero-order valence-corrected chi connectivity index (χ0v) is 19.0. The van der Waals surface area contributed by atoms with E-state index in [9.17, 15) is 9.90 Å². The Labute approximate surface area is 197 Å². The number of benzene rings is 3. The number of ether oxygens (including phenoxy) is 2. The molecule has 1 amide bonds.